The van der Waals surface area contributed by atoms with Crippen molar-refractivity contribution >= 4 is 11.8 Å². The van der Waals surface area contributed by atoms with Crippen molar-refractivity contribution in [3.8, 4) is 0 Å². The Bertz CT molecular complexity index is 302. The maximum atomic E-state index is 11.8. The Labute approximate surface area is 101 Å². The lowest BCUT2D eigenvalue weighted by Crippen LogP contribution is -2.47. The highest BCUT2D eigenvalue weighted by atomic mass is 16.5. The van der Waals surface area contributed by atoms with Crippen molar-refractivity contribution in [2.75, 3.05) is 46.4 Å². The SMILES string of the molecule is CN1CCC(NCC(=O)N2CCOCC2)C1=O. The minimum atomic E-state index is -0.190. The van der Waals surface area contributed by atoms with Crippen LogP contribution in [0.15, 0.2) is 0 Å². The number of nitrogens with zero attached hydrogens (tertiary/aromatic N) is 2. The van der Waals surface area contributed by atoms with Gasteiger partial charge in [0.25, 0.3) is 0 Å². The highest BCUT2D eigenvalue weighted by molar-refractivity contribution is 5.85. The van der Waals surface area contributed by atoms with Gasteiger partial charge < -0.3 is 14.5 Å². The lowest BCUT2D eigenvalue weighted by atomic mass is 10.2. The largest absolute Gasteiger partial charge is 0.378 e. The quantitative estimate of drug-likeness (QED) is 0.665. The summed E-state index contributed by atoms with van der Waals surface area (Å²) in [5.74, 6) is 0.135. The van der Waals surface area contributed by atoms with E-state index < -0.39 is 0 Å². The highest BCUT2D eigenvalue weighted by Crippen LogP contribution is 2.08. The molecule has 2 aliphatic rings. The number of nitrogens with one attached hydrogen (secondary N) is 1. The third kappa shape index (κ3) is 2.95. The fraction of sp³-hybridized carbons (Fsp3) is 0.818. The van der Waals surface area contributed by atoms with Gasteiger partial charge in [-0.2, -0.15) is 0 Å². The van der Waals surface area contributed by atoms with Crippen molar-refractivity contribution in [2.45, 2.75) is 12.5 Å². The van der Waals surface area contributed by atoms with E-state index in [1.165, 1.54) is 0 Å². The summed E-state index contributed by atoms with van der Waals surface area (Å²) in [4.78, 5) is 26.9. The number of hydrogen-bond acceptors (Lipinski definition) is 4. The van der Waals surface area contributed by atoms with Gasteiger partial charge in [-0.1, -0.05) is 0 Å². The Hall–Kier alpha value is -1.14. The first-order chi connectivity index (χ1) is 8.18. The number of amides is 2. The van der Waals surface area contributed by atoms with Crippen LogP contribution in [-0.4, -0.2) is 74.1 Å². The van der Waals surface area contributed by atoms with Gasteiger partial charge in [0.1, 0.15) is 0 Å². The van der Waals surface area contributed by atoms with E-state index in [0.29, 0.717) is 26.3 Å². The number of rotatable bonds is 3. The van der Waals surface area contributed by atoms with Gasteiger partial charge in [0.15, 0.2) is 0 Å². The molecular weight excluding hydrogens is 222 g/mol. The molecule has 0 aliphatic carbocycles. The second kappa shape index (κ2) is 5.46. The zero-order chi connectivity index (χ0) is 12.3. The van der Waals surface area contributed by atoms with Gasteiger partial charge in [-0.15, -0.1) is 0 Å². The van der Waals surface area contributed by atoms with E-state index in [1.807, 2.05) is 0 Å². The Balaban J connectivity index is 1.74. The summed E-state index contributed by atoms with van der Waals surface area (Å²) in [6.45, 7) is 3.53. The molecule has 0 bridgehead atoms. The molecule has 1 N–H and O–H groups in total. The third-order valence-electron chi connectivity index (χ3n) is 3.29. The summed E-state index contributed by atoms with van der Waals surface area (Å²) in [5.41, 5.74) is 0. The molecule has 0 spiro atoms. The first-order valence-electron chi connectivity index (χ1n) is 6.02. The highest BCUT2D eigenvalue weighted by Gasteiger charge is 2.29. The Morgan fingerprint density at radius 3 is 2.71 bits per heavy atom. The summed E-state index contributed by atoms with van der Waals surface area (Å²) >= 11 is 0. The van der Waals surface area contributed by atoms with Crippen LogP contribution in [0.5, 0.6) is 0 Å². The first-order valence-corrected chi connectivity index (χ1v) is 6.02. The van der Waals surface area contributed by atoms with Crippen LogP contribution in [0.3, 0.4) is 0 Å². The van der Waals surface area contributed by atoms with Gasteiger partial charge in [0.2, 0.25) is 11.8 Å². The molecular formula is C11H19N3O3. The summed E-state index contributed by atoms with van der Waals surface area (Å²) in [6, 6.07) is -0.190. The number of carbonyl (C=O) groups is 2. The molecule has 17 heavy (non-hydrogen) atoms. The summed E-state index contributed by atoms with van der Waals surface area (Å²) in [6.07, 6.45) is 0.783. The standard InChI is InChI=1S/C11H19N3O3/c1-13-3-2-9(11(13)16)12-8-10(15)14-4-6-17-7-5-14/h9,12H,2-8H2,1H3. The maximum Gasteiger partial charge on any atom is 0.239 e. The lowest BCUT2D eigenvalue weighted by Gasteiger charge is -2.27. The second-order valence-corrected chi connectivity index (χ2v) is 4.48. The van der Waals surface area contributed by atoms with Gasteiger partial charge in [-0.05, 0) is 6.42 Å². The molecule has 0 aromatic rings. The summed E-state index contributed by atoms with van der Waals surface area (Å²) in [5, 5.41) is 3.04. The van der Waals surface area contributed by atoms with Crippen LogP contribution >= 0.6 is 0 Å². The van der Waals surface area contributed by atoms with Crippen molar-refractivity contribution in [1.82, 2.24) is 15.1 Å². The van der Waals surface area contributed by atoms with Gasteiger partial charge in [0.05, 0.1) is 25.8 Å². The monoisotopic (exact) mass is 241 g/mol. The van der Waals surface area contributed by atoms with Crippen LogP contribution in [0.25, 0.3) is 0 Å². The van der Waals surface area contributed by atoms with Crippen molar-refractivity contribution < 1.29 is 14.3 Å². The zero-order valence-corrected chi connectivity index (χ0v) is 10.1. The van der Waals surface area contributed by atoms with Gasteiger partial charge in [-0.3, -0.25) is 14.9 Å². The van der Waals surface area contributed by atoms with E-state index in [1.54, 1.807) is 16.8 Å². The molecule has 2 saturated heterocycles. The van der Waals surface area contributed by atoms with Crippen molar-refractivity contribution in [1.29, 1.82) is 0 Å². The Morgan fingerprint density at radius 1 is 1.41 bits per heavy atom. The number of morpholine rings is 1. The van der Waals surface area contributed by atoms with Gasteiger partial charge in [0, 0.05) is 26.7 Å². The van der Waals surface area contributed by atoms with Crippen molar-refractivity contribution in [3.05, 3.63) is 0 Å². The molecule has 2 heterocycles. The number of likely N-dealkylation sites (tertiary alicyclic amines) is 1. The molecule has 0 radical (unpaired) electrons. The molecule has 6 heteroatoms. The van der Waals surface area contributed by atoms with Crippen LogP contribution in [0.4, 0.5) is 0 Å². The smallest absolute Gasteiger partial charge is 0.239 e. The van der Waals surface area contributed by atoms with E-state index in [9.17, 15) is 9.59 Å². The molecule has 0 aromatic heterocycles. The lowest BCUT2D eigenvalue weighted by molar-refractivity contribution is -0.134. The average molecular weight is 241 g/mol. The minimum absolute atomic E-state index is 0.0515. The summed E-state index contributed by atoms with van der Waals surface area (Å²) < 4.78 is 5.18. The first kappa shape index (κ1) is 12.3. The van der Waals surface area contributed by atoms with E-state index in [0.717, 1.165) is 13.0 Å². The van der Waals surface area contributed by atoms with E-state index in [-0.39, 0.29) is 24.4 Å². The molecule has 0 aromatic carbocycles. The molecule has 1 atom stereocenters. The number of likely N-dealkylation sites (N-methyl/N-ethyl adjacent to an activating group) is 1. The average Bonchev–Trinajstić information content (AvgIpc) is 2.68. The molecule has 2 rings (SSSR count). The van der Waals surface area contributed by atoms with E-state index >= 15 is 0 Å². The molecule has 1 unspecified atom stereocenters. The van der Waals surface area contributed by atoms with Crippen LogP contribution in [-0.2, 0) is 14.3 Å². The molecule has 2 fully saturated rings. The molecule has 2 aliphatic heterocycles. The topological polar surface area (TPSA) is 61.9 Å². The van der Waals surface area contributed by atoms with Crippen LogP contribution in [0, 0.1) is 0 Å². The normalized spacial score (nSPS) is 25.5. The van der Waals surface area contributed by atoms with Crippen LogP contribution in [0.2, 0.25) is 0 Å². The molecule has 6 nitrogen and oxygen atoms in total. The van der Waals surface area contributed by atoms with Gasteiger partial charge >= 0.3 is 0 Å². The van der Waals surface area contributed by atoms with Crippen molar-refractivity contribution in [2.24, 2.45) is 0 Å². The Kier molecular flexibility index (Phi) is 3.96. The van der Waals surface area contributed by atoms with E-state index in [2.05, 4.69) is 5.32 Å². The van der Waals surface area contributed by atoms with Crippen LogP contribution in [0.1, 0.15) is 6.42 Å². The number of carbonyl (C=O) groups excluding carboxylic acids is 2. The van der Waals surface area contributed by atoms with Crippen molar-refractivity contribution in [3.63, 3.8) is 0 Å². The number of ether oxygens (including phenoxy) is 1. The second-order valence-electron chi connectivity index (χ2n) is 4.48. The maximum absolute atomic E-state index is 11.8. The van der Waals surface area contributed by atoms with E-state index in [4.69, 9.17) is 4.74 Å². The third-order valence-corrected chi connectivity index (χ3v) is 3.29. The zero-order valence-electron chi connectivity index (χ0n) is 10.1. The fourth-order valence-corrected chi connectivity index (χ4v) is 2.15. The number of hydrogen-bond donors (Lipinski definition) is 1. The minimum Gasteiger partial charge on any atom is -0.378 e. The predicted molar refractivity (Wildman–Crippen MR) is 61.4 cm³/mol. The van der Waals surface area contributed by atoms with Gasteiger partial charge in [-0.25, -0.2) is 0 Å². The molecule has 0 saturated carbocycles. The Morgan fingerprint density at radius 2 is 2.12 bits per heavy atom. The fourth-order valence-electron chi connectivity index (χ4n) is 2.15. The van der Waals surface area contributed by atoms with Crippen LogP contribution < -0.4 is 5.32 Å². The summed E-state index contributed by atoms with van der Waals surface area (Å²) in [7, 11) is 1.79. The predicted octanol–water partition coefficient (Wildman–Crippen LogP) is -1.33. The molecule has 2 amide bonds. The molecule has 96 valence electrons.